The number of nitrogens with one attached hydrogen (secondary N) is 2. The van der Waals surface area contributed by atoms with Gasteiger partial charge in [-0.15, -0.1) is 12.4 Å². The molecule has 1 aromatic rings. The number of amides is 1. The molecule has 0 aromatic heterocycles. The summed E-state index contributed by atoms with van der Waals surface area (Å²) in [5.74, 6) is 1.32. The Morgan fingerprint density at radius 1 is 1.26 bits per heavy atom. The van der Waals surface area contributed by atoms with Gasteiger partial charge < -0.3 is 15.4 Å². The maximum absolute atomic E-state index is 12.0. The molecule has 23 heavy (non-hydrogen) atoms. The second kappa shape index (κ2) is 10.2. The van der Waals surface area contributed by atoms with E-state index in [9.17, 15) is 9.59 Å². The Bertz CT molecular complexity index is 499. The summed E-state index contributed by atoms with van der Waals surface area (Å²) in [6, 6.07) is 6.96. The van der Waals surface area contributed by atoms with Crippen molar-refractivity contribution in [2.75, 3.05) is 26.7 Å². The fourth-order valence-electron chi connectivity index (χ4n) is 2.61. The van der Waals surface area contributed by atoms with E-state index in [1.54, 1.807) is 31.4 Å². The van der Waals surface area contributed by atoms with Gasteiger partial charge in [0.05, 0.1) is 7.11 Å². The minimum atomic E-state index is -0.0483. The van der Waals surface area contributed by atoms with Crippen LogP contribution in [0.5, 0.6) is 5.75 Å². The molecule has 0 saturated carbocycles. The lowest BCUT2D eigenvalue weighted by atomic mass is 10.0. The number of halogens is 1. The Morgan fingerprint density at radius 3 is 2.61 bits per heavy atom. The highest BCUT2D eigenvalue weighted by Crippen LogP contribution is 2.13. The molecule has 5 nitrogen and oxygen atoms in total. The van der Waals surface area contributed by atoms with E-state index in [1.165, 1.54) is 6.42 Å². The Morgan fingerprint density at radius 2 is 2.00 bits per heavy atom. The second-order valence-corrected chi connectivity index (χ2v) is 5.65. The summed E-state index contributed by atoms with van der Waals surface area (Å²) in [5, 5.41) is 6.21. The van der Waals surface area contributed by atoms with Gasteiger partial charge in [0, 0.05) is 24.9 Å². The van der Waals surface area contributed by atoms with Crippen LogP contribution in [0.2, 0.25) is 0 Å². The first-order chi connectivity index (χ1) is 10.7. The van der Waals surface area contributed by atoms with E-state index in [0.717, 1.165) is 25.3 Å². The zero-order chi connectivity index (χ0) is 15.8. The lowest BCUT2D eigenvalue weighted by Crippen LogP contribution is -2.26. The van der Waals surface area contributed by atoms with Crippen molar-refractivity contribution in [2.24, 2.45) is 5.92 Å². The van der Waals surface area contributed by atoms with Gasteiger partial charge in [-0.05, 0) is 56.1 Å². The lowest BCUT2D eigenvalue weighted by molar-refractivity contribution is -0.121. The Labute approximate surface area is 143 Å². The fourth-order valence-corrected chi connectivity index (χ4v) is 2.61. The van der Waals surface area contributed by atoms with E-state index >= 15 is 0 Å². The number of hydrogen-bond donors (Lipinski definition) is 2. The third-order valence-corrected chi connectivity index (χ3v) is 4.03. The van der Waals surface area contributed by atoms with Crippen LogP contribution in [0, 0.1) is 5.92 Å². The van der Waals surface area contributed by atoms with Crippen molar-refractivity contribution in [2.45, 2.75) is 25.7 Å². The average molecular weight is 341 g/mol. The second-order valence-electron chi connectivity index (χ2n) is 5.65. The highest BCUT2D eigenvalue weighted by Gasteiger charge is 2.14. The molecule has 2 rings (SSSR count). The van der Waals surface area contributed by atoms with Gasteiger partial charge in [-0.2, -0.15) is 0 Å². The van der Waals surface area contributed by atoms with Crippen LogP contribution in [0.1, 0.15) is 36.0 Å². The van der Waals surface area contributed by atoms with Gasteiger partial charge in [-0.3, -0.25) is 9.59 Å². The number of ketones is 1. The van der Waals surface area contributed by atoms with Crippen LogP contribution in [-0.2, 0) is 4.79 Å². The highest BCUT2D eigenvalue weighted by atomic mass is 35.5. The van der Waals surface area contributed by atoms with Gasteiger partial charge in [0.25, 0.3) is 0 Å². The van der Waals surface area contributed by atoms with Crippen molar-refractivity contribution in [3.63, 3.8) is 0 Å². The number of ether oxygens (including phenoxy) is 1. The molecule has 2 N–H and O–H groups in total. The molecule has 0 bridgehead atoms. The van der Waals surface area contributed by atoms with Crippen LogP contribution < -0.4 is 15.4 Å². The first-order valence-electron chi connectivity index (χ1n) is 7.83. The molecule has 1 aliphatic heterocycles. The van der Waals surface area contributed by atoms with Crippen LogP contribution in [0.15, 0.2) is 24.3 Å². The predicted octanol–water partition coefficient (Wildman–Crippen LogP) is 2.20. The summed E-state index contributed by atoms with van der Waals surface area (Å²) in [6.07, 6.45) is 2.67. The Kier molecular flexibility index (Phi) is 8.66. The lowest BCUT2D eigenvalue weighted by Gasteiger charge is -2.09. The SMILES string of the molecule is COc1ccc(C(=O)CCC(=O)NCCC2CCNC2)cc1.Cl. The molecule has 0 spiro atoms. The Hall–Kier alpha value is -1.59. The van der Waals surface area contributed by atoms with Crippen LogP contribution in [0.25, 0.3) is 0 Å². The van der Waals surface area contributed by atoms with E-state index in [0.29, 0.717) is 18.0 Å². The number of benzene rings is 1. The van der Waals surface area contributed by atoms with E-state index in [2.05, 4.69) is 10.6 Å². The molecule has 6 heteroatoms. The molecule has 1 heterocycles. The fraction of sp³-hybridized carbons (Fsp3) is 0.529. The van der Waals surface area contributed by atoms with Crippen molar-refractivity contribution in [3.05, 3.63) is 29.8 Å². The molecule has 1 unspecified atom stereocenters. The first-order valence-corrected chi connectivity index (χ1v) is 7.83. The smallest absolute Gasteiger partial charge is 0.220 e. The third-order valence-electron chi connectivity index (χ3n) is 4.03. The first kappa shape index (κ1) is 19.5. The zero-order valence-corrected chi connectivity index (χ0v) is 14.3. The highest BCUT2D eigenvalue weighted by molar-refractivity contribution is 5.98. The predicted molar refractivity (Wildman–Crippen MR) is 92.4 cm³/mol. The summed E-state index contributed by atoms with van der Waals surface area (Å²) in [4.78, 5) is 23.8. The number of carbonyl (C=O) groups excluding carboxylic acids is 2. The summed E-state index contributed by atoms with van der Waals surface area (Å²) in [5.41, 5.74) is 0.616. The molecule has 1 fully saturated rings. The maximum atomic E-state index is 12.0. The molecule has 1 amide bonds. The van der Waals surface area contributed by atoms with Gasteiger partial charge in [-0.25, -0.2) is 0 Å². The van der Waals surface area contributed by atoms with E-state index in [4.69, 9.17) is 4.74 Å². The average Bonchev–Trinajstić information content (AvgIpc) is 3.06. The molecule has 1 atom stereocenters. The standard InChI is InChI=1S/C17H24N2O3.ClH/c1-22-15-4-2-14(3-5-15)16(20)6-7-17(21)19-11-9-13-8-10-18-12-13;/h2-5,13,18H,6-12H2,1H3,(H,19,21);1H. The van der Waals surface area contributed by atoms with Gasteiger partial charge >= 0.3 is 0 Å². The Balaban J connectivity index is 0.00000264. The van der Waals surface area contributed by atoms with Gasteiger partial charge in [0.15, 0.2) is 5.78 Å². The number of hydrogen-bond acceptors (Lipinski definition) is 4. The molecule has 1 saturated heterocycles. The quantitative estimate of drug-likeness (QED) is 0.712. The van der Waals surface area contributed by atoms with Crippen LogP contribution >= 0.6 is 12.4 Å². The van der Waals surface area contributed by atoms with Crippen molar-refractivity contribution >= 4 is 24.1 Å². The molecule has 0 aliphatic carbocycles. The molecule has 0 radical (unpaired) electrons. The number of carbonyl (C=O) groups is 2. The molecular formula is C17H25ClN2O3. The minimum Gasteiger partial charge on any atom is -0.497 e. The van der Waals surface area contributed by atoms with E-state index < -0.39 is 0 Å². The normalized spacial score (nSPS) is 16.5. The monoisotopic (exact) mass is 340 g/mol. The van der Waals surface area contributed by atoms with Crippen molar-refractivity contribution in [1.82, 2.24) is 10.6 Å². The number of rotatable bonds is 8. The van der Waals surface area contributed by atoms with Crippen molar-refractivity contribution in [1.29, 1.82) is 0 Å². The molecule has 1 aromatic carbocycles. The summed E-state index contributed by atoms with van der Waals surface area (Å²) in [7, 11) is 1.59. The van der Waals surface area contributed by atoms with Crippen LogP contribution in [-0.4, -0.2) is 38.4 Å². The van der Waals surface area contributed by atoms with Gasteiger partial charge in [-0.1, -0.05) is 0 Å². The number of methoxy groups -OCH3 is 1. The van der Waals surface area contributed by atoms with Crippen LogP contribution in [0.3, 0.4) is 0 Å². The maximum Gasteiger partial charge on any atom is 0.220 e. The molecule has 128 valence electrons. The summed E-state index contributed by atoms with van der Waals surface area (Å²) >= 11 is 0. The van der Waals surface area contributed by atoms with Crippen LogP contribution in [0.4, 0.5) is 0 Å². The summed E-state index contributed by atoms with van der Waals surface area (Å²) in [6.45, 7) is 2.82. The largest absolute Gasteiger partial charge is 0.497 e. The molecular weight excluding hydrogens is 316 g/mol. The minimum absolute atomic E-state index is 0. The van der Waals surface area contributed by atoms with E-state index in [1.807, 2.05) is 0 Å². The third kappa shape index (κ3) is 6.59. The number of Topliss-reactive ketones (excluding diaryl/α,β-unsaturated/α-hetero) is 1. The van der Waals surface area contributed by atoms with Crippen molar-refractivity contribution in [3.8, 4) is 5.75 Å². The van der Waals surface area contributed by atoms with Crippen molar-refractivity contribution < 1.29 is 14.3 Å². The van der Waals surface area contributed by atoms with E-state index in [-0.39, 0.29) is 36.9 Å². The van der Waals surface area contributed by atoms with Gasteiger partial charge in [0.2, 0.25) is 5.91 Å². The summed E-state index contributed by atoms with van der Waals surface area (Å²) < 4.78 is 5.05. The topological polar surface area (TPSA) is 67.4 Å². The molecule has 1 aliphatic rings. The van der Waals surface area contributed by atoms with Gasteiger partial charge in [0.1, 0.15) is 5.75 Å². The zero-order valence-electron chi connectivity index (χ0n) is 13.5.